The van der Waals surface area contributed by atoms with E-state index in [1.165, 1.54) is 24.0 Å². The number of hydrogen-bond acceptors (Lipinski definition) is 2. The van der Waals surface area contributed by atoms with E-state index in [9.17, 15) is 0 Å². The van der Waals surface area contributed by atoms with Gasteiger partial charge < -0.3 is 10.1 Å². The first-order valence-electron chi connectivity index (χ1n) is 6.58. The van der Waals surface area contributed by atoms with E-state index in [1.54, 1.807) is 0 Å². The van der Waals surface area contributed by atoms with Gasteiger partial charge in [-0.2, -0.15) is 0 Å². The second-order valence-corrected chi connectivity index (χ2v) is 5.37. The van der Waals surface area contributed by atoms with Crippen molar-refractivity contribution in [1.29, 1.82) is 0 Å². The highest BCUT2D eigenvalue weighted by molar-refractivity contribution is 5.35. The first kappa shape index (κ1) is 12.4. The maximum Gasteiger partial charge on any atom is 0.122 e. The molecule has 1 saturated carbocycles. The Balaban J connectivity index is 1.75. The molecular weight excluding hydrogens is 210 g/mol. The third kappa shape index (κ3) is 4.04. The van der Waals surface area contributed by atoms with Crippen LogP contribution >= 0.6 is 0 Å². The van der Waals surface area contributed by atoms with Gasteiger partial charge in [0, 0.05) is 18.5 Å². The van der Waals surface area contributed by atoms with E-state index in [2.05, 4.69) is 44.3 Å². The summed E-state index contributed by atoms with van der Waals surface area (Å²) in [6, 6.07) is 7.14. The number of hydrogen-bond donors (Lipinski definition) is 1. The van der Waals surface area contributed by atoms with Crippen LogP contribution < -0.4 is 10.1 Å². The normalized spacial score (nSPS) is 16.9. The molecule has 2 rings (SSSR count). The minimum atomic E-state index is 0.566. The molecule has 0 heterocycles. The van der Waals surface area contributed by atoms with Crippen LogP contribution in [0.2, 0.25) is 0 Å². The van der Waals surface area contributed by atoms with Gasteiger partial charge in [0.15, 0.2) is 0 Å². The average molecular weight is 233 g/mol. The van der Waals surface area contributed by atoms with E-state index in [1.807, 2.05) is 0 Å². The van der Waals surface area contributed by atoms with Crippen LogP contribution in [0.1, 0.15) is 30.9 Å². The molecular formula is C15H23NO. The van der Waals surface area contributed by atoms with E-state index in [-0.39, 0.29) is 0 Å². The van der Waals surface area contributed by atoms with Crippen LogP contribution in [0.25, 0.3) is 0 Å². The molecule has 94 valence electrons. The molecule has 1 aliphatic rings. The predicted octanol–water partition coefficient (Wildman–Crippen LogP) is 3.07. The number of benzene rings is 1. The van der Waals surface area contributed by atoms with Crippen LogP contribution in [0.4, 0.5) is 0 Å². The molecule has 0 radical (unpaired) electrons. The number of nitrogens with one attached hydrogen (secondary N) is 1. The lowest BCUT2D eigenvalue weighted by molar-refractivity contribution is 0.254. The Morgan fingerprint density at radius 3 is 2.76 bits per heavy atom. The van der Waals surface area contributed by atoms with Crippen LogP contribution in [0, 0.1) is 19.8 Å². The van der Waals surface area contributed by atoms with Gasteiger partial charge in [0.2, 0.25) is 0 Å². The summed E-state index contributed by atoms with van der Waals surface area (Å²) < 4.78 is 5.87. The van der Waals surface area contributed by atoms with Gasteiger partial charge in [-0.05, 0) is 38.3 Å². The smallest absolute Gasteiger partial charge is 0.122 e. The first-order chi connectivity index (χ1) is 8.15. The van der Waals surface area contributed by atoms with E-state index in [0.717, 1.165) is 24.9 Å². The lowest BCUT2D eigenvalue weighted by atomic mass is 10.1. The molecule has 1 unspecified atom stereocenters. The Morgan fingerprint density at radius 2 is 2.12 bits per heavy atom. The molecule has 0 aromatic heterocycles. The fourth-order valence-electron chi connectivity index (χ4n) is 1.91. The molecule has 1 aliphatic carbocycles. The molecule has 1 N–H and O–H groups in total. The van der Waals surface area contributed by atoms with Crippen molar-refractivity contribution in [2.75, 3.05) is 13.2 Å². The van der Waals surface area contributed by atoms with Crippen LogP contribution in [-0.4, -0.2) is 19.2 Å². The Kier molecular flexibility index (Phi) is 4.06. The highest BCUT2D eigenvalue weighted by Gasteiger charge is 2.20. The minimum Gasteiger partial charge on any atom is -0.493 e. The fraction of sp³-hybridized carbons (Fsp3) is 0.600. The molecule has 2 nitrogen and oxygen atoms in total. The summed E-state index contributed by atoms with van der Waals surface area (Å²) in [6.45, 7) is 8.31. The molecule has 0 saturated heterocycles. The van der Waals surface area contributed by atoms with Crippen molar-refractivity contribution >= 4 is 0 Å². The van der Waals surface area contributed by atoms with Crippen LogP contribution in [0.5, 0.6) is 5.75 Å². The van der Waals surface area contributed by atoms with Gasteiger partial charge in [-0.25, -0.2) is 0 Å². The van der Waals surface area contributed by atoms with Crippen molar-refractivity contribution in [1.82, 2.24) is 5.32 Å². The average Bonchev–Trinajstić information content (AvgIpc) is 3.09. The molecule has 1 aromatic rings. The molecule has 0 amide bonds. The molecule has 0 bridgehead atoms. The SMILES string of the molecule is Cc1ccc(OCC(C)CNC2CC2)c(C)c1. The zero-order valence-electron chi connectivity index (χ0n) is 11.1. The summed E-state index contributed by atoms with van der Waals surface area (Å²) in [4.78, 5) is 0. The van der Waals surface area contributed by atoms with Gasteiger partial charge in [-0.1, -0.05) is 24.6 Å². The van der Waals surface area contributed by atoms with Crippen LogP contribution in [0.15, 0.2) is 18.2 Å². The van der Waals surface area contributed by atoms with E-state index in [0.29, 0.717) is 5.92 Å². The zero-order valence-corrected chi connectivity index (χ0v) is 11.1. The largest absolute Gasteiger partial charge is 0.493 e. The van der Waals surface area contributed by atoms with E-state index in [4.69, 9.17) is 4.74 Å². The second-order valence-electron chi connectivity index (χ2n) is 5.37. The van der Waals surface area contributed by atoms with Gasteiger partial charge in [0.05, 0.1) is 6.61 Å². The maximum absolute atomic E-state index is 5.87. The van der Waals surface area contributed by atoms with E-state index >= 15 is 0 Å². The zero-order chi connectivity index (χ0) is 12.3. The highest BCUT2D eigenvalue weighted by atomic mass is 16.5. The molecule has 0 aliphatic heterocycles. The van der Waals surface area contributed by atoms with Crippen molar-refractivity contribution in [3.05, 3.63) is 29.3 Å². The summed E-state index contributed by atoms with van der Waals surface area (Å²) in [5, 5.41) is 3.54. The minimum absolute atomic E-state index is 0.566. The molecule has 1 atom stereocenters. The van der Waals surface area contributed by atoms with Crippen molar-refractivity contribution < 1.29 is 4.74 Å². The van der Waals surface area contributed by atoms with Crippen LogP contribution in [0.3, 0.4) is 0 Å². The van der Waals surface area contributed by atoms with Crippen molar-refractivity contribution in [3.63, 3.8) is 0 Å². The van der Waals surface area contributed by atoms with E-state index < -0.39 is 0 Å². The van der Waals surface area contributed by atoms with Crippen molar-refractivity contribution in [2.24, 2.45) is 5.92 Å². The van der Waals surface area contributed by atoms with Gasteiger partial charge in [-0.15, -0.1) is 0 Å². The summed E-state index contributed by atoms with van der Waals surface area (Å²) in [5.74, 6) is 1.59. The number of aryl methyl sites for hydroxylation is 2. The van der Waals surface area contributed by atoms with Gasteiger partial charge >= 0.3 is 0 Å². The van der Waals surface area contributed by atoms with Crippen LogP contribution in [-0.2, 0) is 0 Å². The topological polar surface area (TPSA) is 21.3 Å². The monoisotopic (exact) mass is 233 g/mol. The maximum atomic E-state index is 5.87. The molecule has 1 aromatic carbocycles. The summed E-state index contributed by atoms with van der Waals surface area (Å²) in [5.41, 5.74) is 2.52. The van der Waals surface area contributed by atoms with Crippen molar-refractivity contribution in [2.45, 2.75) is 39.7 Å². The summed E-state index contributed by atoms with van der Waals surface area (Å²) in [7, 11) is 0. The first-order valence-corrected chi connectivity index (χ1v) is 6.58. The lowest BCUT2D eigenvalue weighted by Gasteiger charge is -2.15. The fourth-order valence-corrected chi connectivity index (χ4v) is 1.91. The van der Waals surface area contributed by atoms with Gasteiger partial charge in [0.1, 0.15) is 5.75 Å². The molecule has 17 heavy (non-hydrogen) atoms. The third-order valence-corrected chi connectivity index (χ3v) is 3.19. The Bertz CT molecular complexity index is 371. The quantitative estimate of drug-likeness (QED) is 0.815. The molecule has 0 spiro atoms. The lowest BCUT2D eigenvalue weighted by Crippen LogP contribution is -2.26. The Morgan fingerprint density at radius 1 is 1.35 bits per heavy atom. The molecule has 2 heteroatoms. The summed E-state index contributed by atoms with van der Waals surface area (Å²) in [6.07, 6.45) is 2.70. The Hall–Kier alpha value is -1.02. The van der Waals surface area contributed by atoms with Gasteiger partial charge in [-0.3, -0.25) is 0 Å². The van der Waals surface area contributed by atoms with Gasteiger partial charge in [0.25, 0.3) is 0 Å². The van der Waals surface area contributed by atoms with Crippen molar-refractivity contribution in [3.8, 4) is 5.75 Å². The Labute approximate surface area is 104 Å². The highest BCUT2D eigenvalue weighted by Crippen LogP contribution is 2.20. The third-order valence-electron chi connectivity index (χ3n) is 3.19. The molecule has 1 fully saturated rings. The summed E-state index contributed by atoms with van der Waals surface area (Å²) >= 11 is 0. The standard InChI is InChI=1S/C15H23NO/c1-11-4-7-15(13(3)8-11)17-10-12(2)9-16-14-5-6-14/h4,7-8,12,14,16H,5-6,9-10H2,1-3H3. The predicted molar refractivity (Wildman–Crippen MR) is 71.6 cm³/mol. The number of rotatable bonds is 6. The second kappa shape index (κ2) is 5.54. The number of ether oxygens (including phenoxy) is 1.